The third-order valence-electron chi connectivity index (χ3n) is 3.59. The summed E-state index contributed by atoms with van der Waals surface area (Å²) in [7, 11) is 1.63. The molecule has 22 heavy (non-hydrogen) atoms. The number of carbonyl (C=O) groups is 2. The topological polar surface area (TPSA) is 61.4 Å². The van der Waals surface area contributed by atoms with Gasteiger partial charge in [-0.2, -0.15) is 0 Å². The largest absolute Gasteiger partial charge is 0.336 e. The van der Waals surface area contributed by atoms with E-state index in [0.717, 1.165) is 19.4 Å². The van der Waals surface area contributed by atoms with E-state index in [4.69, 9.17) is 23.2 Å². The lowest BCUT2D eigenvalue weighted by Gasteiger charge is -2.19. The minimum absolute atomic E-state index is 0.00575. The van der Waals surface area contributed by atoms with Crippen LogP contribution in [0.2, 0.25) is 10.0 Å². The molecule has 1 aromatic carbocycles. The summed E-state index contributed by atoms with van der Waals surface area (Å²) in [5.74, 6) is -0.308. The molecule has 120 valence electrons. The van der Waals surface area contributed by atoms with Crippen LogP contribution in [0.3, 0.4) is 0 Å². The lowest BCUT2D eigenvalue weighted by atomic mass is 10.1. The van der Waals surface area contributed by atoms with Gasteiger partial charge < -0.3 is 15.5 Å². The van der Waals surface area contributed by atoms with Crippen molar-refractivity contribution in [2.24, 2.45) is 0 Å². The van der Waals surface area contributed by atoms with Gasteiger partial charge in [-0.15, -0.1) is 0 Å². The summed E-state index contributed by atoms with van der Waals surface area (Å²) in [6.45, 7) is 0.964. The van der Waals surface area contributed by atoms with E-state index in [1.807, 2.05) is 0 Å². The molecule has 0 bridgehead atoms. The van der Waals surface area contributed by atoms with E-state index in [2.05, 4.69) is 10.6 Å². The van der Waals surface area contributed by atoms with Crippen molar-refractivity contribution in [3.63, 3.8) is 0 Å². The summed E-state index contributed by atoms with van der Waals surface area (Å²) >= 11 is 11.7. The zero-order valence-corrected chi connectivity index (χ0v) is 13.9. The van der Waals surface area contributed by atoms with Crippen LogP contribution in [-0.2, 0) is 9.59 Å². The van der Waals surface area contributed by atoms with Gasteiger partial charge >= 0.3 is 0 Å². The molecule has 5 nitrogen and oxygen atoms in total. The highest BCUT2D eigenvalue weighted by molar-refractivity contribution is 6.42. The second-order valence-corrected chi connectivity index (χ2v) is 6.24. The van der Waals surface area contributed by atoms with Crippen molar-refractivity contribution in [2.75, 3.05) is 25.5 Å². The SMILES string of the molecule is CN(CC(=O)Nc1ccc(Cl)c(Cl)c1)C(=O)CC1CCCN1. The molecule has 1 atom stereocenters. The predicted octanol–water partition coefficient (Wildman–Crippen LogP) is 2.53. The fraction of sp³-hybridized carbons (Fsp3) is 0.467. The number of nitrogens with one attached hydrogen (secondary N) is 2. The molecule has 1 fully saturated rings. The lowest BCUT2D eigenvalue weighted by Crippen LogP contribution is -2.38. The molecule has 1 aliphatic rings. The summed E-state index contributed by atoms with van der Waals surface area (Å²) in [6.07, 6.45) is 2.53. The Balaban J connectivity index is 1.82. The number of hydrogen-bond acceptors (Lipinski definition) is 3. The van der Waals surface area contributed by atoms with Crippen LogP contribution in [-0.4, -0.2) is 42.9 Å². The van der Waals surface area contributed by atoms with Crippen LogP contribution < -0.4 is 10.6 Å². The zero-order chi connectivity index (χ0) is 16.1. The molecule has 1 saturated heterocycles. The maximum atomic E-state index is 12.1. The molecule has 1 aromatic rings. The van der Waals surface area contributed by atoms with Gasteiger partial charge in [-0.3, -0.25) is 9.59 Å². The van der Waals surface area contributed by atoms with Gasteiger partial charge in [0.1, 0.15) is 0 Å². The zero-order valence-electron chi connectivity index (χ0n) is 12.4. The first kappa shape index (κ1) is 17.1. The number of amides is 2. The predicted molar refractivity (Wildman–Crippen MR) is 88.4 cm³/mol. The molecule has 1 aliphatic heterocycles. The van der Waals surface area contributed by atoms with Crippen LogP contribution in [0, 0.1) is 0 Å². The Morgan fingerprint density at radius 3 is 2.77 bits per heavy atom. The van der Waals surface area contributed by atoms with Crippen LogP contribution in [0.5, 0.6) is 0 Å². The molecule has 2 rings (SSSR count). The van der Waals surface area contributed by atoms with E-state index in [-0.39, 0.29) is 24.4 Å². The molecular weight excluding hydrogens is 325 g/mol. The maximum Gasteiger partial charge on any atom is 0.243 e. The molecule has 7 heteroatoms. The molecule has 0 spiro atoms. The Morgan fingerprint density at radius 1 is 1.36 bits per heavy atom. The number of carbonyl (C=O) groups excluding carboxylic acids is 2. The van der Waals surface area contributed by atoms with Crippen molar-refractivity contribution < 1.29 is 9.59 Å². The van der Waals surface area contributed by atoms with E-state index < -0.39 is 0 Å². The van der Waals surface area contributed by atoms with Crippen LogP contribution >= 0.6 is 23.2 Å². The third-order valence-corrected chi connectivity index (χ3v) is 4.33. The molecular formula is C15H19Cl2N3O2. The average molecular weight is 344 g/mol. The van der Waals surface area contributed by atoms with Gasteiger partial charge in [0.15, 0.2) is 0 Å². The fourth-order valence-corrected chi connectivity index (χ4v) is 2.67. The Labute approximate surface area is 139 Å². The van der Waals surface area contributed by atoms with E-state index >= 15 is 0 Å². The molecule has 1 unspecified atom stereocenters. The first-order valence-electron chi connectivity index (χ1n) is 7.18. The lowest BCUT2D eigenvalue weighted by molar-refractivity contribution is -0.133. The summed E-state index contributed by atoms with van der Waals surface area (Å²) in [5, 5.41) is 6.77. The molecule has 0 radical (unpaired) electrons. The van der Waals surface area contributed by atoms with Gasteiger partial charge in [0, 0.05) is 25.2 Å². The van der Waals surface area contributed by atoms with E-state index in [1.54, 1.807) is 25.2 Å². The average Bonchev–Trinajstić information content (AvgIpc) is 2.95. The first-order valence-corrected chi connectivity index (χ1v) is 7.93. The van der Waals surface area contributed by atoms with Gasteiger partial charge in [-0.25, -0.2) is 0 Å². The van der Waals surface area contributed by atoms with Crippen molar-refractivity contribution in [3.8, 4) is 0 Å². The number of halogens is 2. The third kappa shape index (κ3) is 4.87. The molecule has 2 amide bonds. The minimum atomic E-state index is -0.270. The Kier molecular flexibility index (Phi) is 6.06. The summed E-state index contributed by atoms with van der Waals surface area (Å²) in [6, 6.07) is 5.08. The summed E-state index contributed by atoms with van der Waals surface area (Å²) in [5.41, 5.74) is 0.553. The van der Waals surface area contributed by atoms with Gasteiger partial charge in [0.2, 0.25) is 11.8 Å². The fourth-order valence-electron chi connectivity index (χ4n) is 2.38. The smallest absolute Gasteiger partial charge is 0.243 e. The van der Waals surface area contributed by atoms with Crippen molar-refractivity contribution >= 4 is 40.7 Å². The van der Waals surface area contributed by atoms with E-state index in [1.165, 1.54) is 4.90 Å². The van der Waals surface area contributed by atoms with Gasteiger partial charge in [0.05, 0.1) is 16.6 Å². The Morgan fingerprint density at radius 2 is 2.14 bits per heavy atom. The minimum Gasteiger partial charge on any atom is -0.336 e. The van der Waals surface area contributed by atoms with Crippen molar-refractivity contribution in [1.29, 1.82) is 0 Å². The molecule has 0 aromatic heterocycles. The van der Waals surface area contributed by atoms with Crippen LogP contribution in [0.1, 0.15) is 19.3 Å². The Bertz CT molecular complexity index is 560. The second kappa shape index (κ2) is 7.81. The number of anilines is 1. The highest BCUT2D eigenvalue weighted by Gasteiger charge is 2.21. The van der Waals surface area contributed by atoms with E-state index in [9.17, 15) is 9.59 Å². The quantitative estimate of drug-likeness (QED) is 0.863. The van der Waals surface area contributed by atoms with Gasteiger partial charge in [-0.05, 0) is 37.6 Å². The first-order chi connectivity index (χ1) is 10.5. The molecule has 0 saturated carbocycles. The highest BCUT2D eigenvalue weighted by atomic mass is 35.5. The number of benzene rings is 1. The van der Waals surface area contributed by atoms with Gasteiger partial charge in [0.25, 0.3) is 0 Å². The summed E-state index contributed by atoms with van der Waals surface area (Å²) < 4.78 is 0. The van der Waals surface area contributed by atoms with Gasteiger partial charge in [-0.1, -0.05) is 23.2 Å². The number of likely N-dealkylation sites (N-methyl/N-ethyl adjacent to an activating group) is 1. The van der Waals surface area contributed by atoms with Crippen LogP contribution in [0.25, 0.3) is 0 Å². The van der Waals surface area contributed by atoms with Crippen molar-refractivity contribution in [2.45, 2.75) is 25.3 Å². The van der Waals surface area contributed by atoms with E-state index in [0.29, 0.717) is 22.2 Å². The van der Waals surface area contributed by atoms with Crippen LogP contribution in [0.4, 0.5) is 5.69 Å². The summed E-state index contributed by atoms with van der Waals surface area (Å²) in [4.78, 5) is 25.5. The van der Waals surface area contributed by atoms with Crippen molar-refractivity contribution in [3.05, 3.63) is 28.2 Å². The Hall–Kier alpha value is -1.30. The monoisotopic (exact) mass is 343 g/mol. The standard InChI is InChI=1S/C15H19Cl2N3O2/c1-20(15(22)8-10-3-2-6-18-10)9-14(21)19-11-4-5-12(16)13(17)7-11/h4-5,7,10,18H,2-3,6,8-9H2,1H3,(H,19,21). The number of nitrogens with zero attached hydrogens (tertiary/aromatic N) is 1. The second-order valence-electron chi connectivity index (χ2n) is 5.42. The van der Waals surface area contributed by atoms with Crippen molar-refractivity contribution in [1.82, 2.24) is 10.2 Å². The number of rotatable bonds is 5. The highest BCUT2D eigenvalue weighted by Crippen LogP contribution is 2.24. The molecule has 1 heterocycles. The maximum absolute atomic E-state index is 12.1. The molecule has 0 aliphatic carbocycles. The van der Waals surface area contributed by atoms with Crippen LogP contribution in [0.15, 0.2) is 18.2 Å². The number of hydrogen-bond donors (Lipinski definition) is 2. The molecule has 2 N–H and O–H groups in total. The normalized spacial score (nSPS) is 17.3.